The van der Waals surface area contributed by atoms with Gasteiger partial charge < -0.3 is 10.1 Å². The van der Waals surface area contributed by atoms with Crippen LogP contribution in [0.5, 0.6) is 5.75 Å². The van der Waals surface area contributed by atoms with Gasteiger partial charge in [-0.05, 0) is 28.1 Å². The van der Waals surface area contributed by atoms with Gasteiger partial charge in [-0.2, -0.15) is 8.78 Å². The van der Waals surface area contributed by atoms with Crippen molar-refractivity contribution < 1.29 is 18.3 Å². The quantitative estimate of drug-likeness (QED) is 0.867. The van der Waals surface area contributed by atoms with Crippen LogP contribution >= 0.6 is 27.5 Å². The molecule has 0 bridgehead atoms. The Labute approximate surface area is 97.5 Å². The summed E-state index contributed by atoms with van der Waals surface area (Å²) in [7, 11) is 0. The molecule has 0 saturated carbocycles. The van der Waals surface area contributed by atoms with Gasteiger partial charge in [-0.3, -0.25) is 4.79 Å². The maximum Gasteiger partial charge on any atom is 0.387 e. The van der Waals surface area contributed by atoms with Crippen molar-refractivity contribution in [3.05, 3.63) is 21.6 Å². The van der Waals surface area contributed by atoms with Crippen LogP contribution in [-0.4, -0.2) is 13.0 Å². The highest BCUT2D eigenvalue weighted by Gasteiger charge is 2.14. The zero-order valence-corrected chi connectivity index (χ0v) is 9.48. The van der Waals surface area contributed by atoms with Crippen LogP contribution in [0.25, 0.3) is 0 Å². The number of anilines is 1. The number of carbonyl (C=O) groups excluding carboxylic acids is 1. The Hall–Kier alpha value is -0.880. The van der Waals surface area contributed by atoms with E-state index in [1.165, 1.54) is 12.1 Å². The third-order valence-electron chi connectivity index (χ3n) is 1.43. The first-order valence-electron chi connectivity index (χ1n) is 3.68. The first-order valence-corrected chi connectivity index (χ1v) is 4.85. The molecule has 3 nitrogen and oxygen atoms in total. The van der Waals surface area contributed by atoms with E-state index in [2.05, 4.69) is 26.0 Å². The highest BCUT2D eigenvalue weighted by Crippen LogP contribution is 2.37. The second-order valence-corrected chi connectivity index (χ2v) is 3.70. The molecule has 0 aliphatic heterocycles. The summed E-state index contributed by atoms with van der Waals surface area (Å²) in [6.07, 6.45) is 0.344. The number of nitrogens with one attached hydrogen (secondary N) is 1. The monoisotopic (exact) mass is 299 g/mol. The van der Waals surface area contributed by atoms with Gasteiger partial charge >= 0.3 is 6.61 Å². The molecule has 1 amide bonds. The van der Waals surface area contributed by atoms with Gasteiger partial charge in [-0.15, -0.1) is 0 Å². The zero-order valence-electron chi connectivity index (χ0n) is 7.14. The molecule has 7 heteroatoms. The second-order valence-electron chi connectivity index (χ2n) is 2.40. The van der Waals surface area contributed by atoms with Gasteiger partial charge in [0.1, 0.15) is 0 Å². The Morgan fingerprint density at radius 1 is 1.53 bits per heavy atom. The fourth-order valence-corrected chi connectivity index (χ4v) is 1.84. The van der Waals surface area contributed by atoms with E-state index in [-0.39, 0.29) is 20.9 Å². The van der Waals surface area contributed by atoms with E-state index in [1.807, 2.05) is 0 Å². The van der Waals surface area contributed by atoms with Crippen molar-refractivity contribution in [3.8, 4) is 5.75 Å². The maximum atomic E-state index is 12.0. The van der Waals surface area contributed by atoms with E-state index < -0.39 is 6.61 Å². The van der Waals surface area contributed by atoms with E-state index in [0.717, 1.165) is 0 Å². The largest absolute Gasteiger partial charge is 0.431 e. The van der Waals surface area contributed by atoms with Gasteiger partial charge in [-0.1, -0.05) is 11.6 Å². The molecule has 0 saturated heterocycles. The molecule has 0 heterocycles. The van der Waals surface area contributed by atoms with E-state index in [1.54, 1.807) is 0 Å². The highest BCUT2D eigenvalue weighted by atomic mass is 79.9. The van der Waals surface area contributed by atoms with E-state index in [9.17, 15) is 13.6 Å². The van der Waals surface area contributed by atoms with Crippen LogP contribution < -0.4 is 10.1 Å². The van der Waals surface area contributed by atoms with Crippen LogP contribution in [-0.2, 0) is 4.79 Å². The number of carbonyl (C=O) groups is 1. The molecular weight excluding hydrogens is 295 g/mol. The molecule has 1 aromatic carbocycles. The van der Waals surface area contributed by atoms with Crippen molar-refractivity contribution in [2.75, 3.05) is 5.32 Å². The Kier molecular flexibility index (Phi) is 4.28. The first kappa shape index (κ1) is 12.2. The molecule has 82 valence electrons. The van der Waals surface area contributed by atoms with Crippen molar-refractivity contribution in [2.24, 2.45) is 0 Å². The number of alkyl halides is 2. The third-order valence-corrected chi connectivity index (χ3v) is 2.24. The lowest BCUT2D eigenvalue weighted by Gasteiger charge is -2.11. The van der Waals surface area contributed by atoms with Crippen molar-refractivity contribution in [1.82, 2.24) is 0 Å². The number of amides is 1. The molecule has 0 atom stereocenters. The average molecular weight is 300 g/mol. The standard InChI is InChI=1S/C8H5BrClF2NO2/c9-5-1-4(10)2-6(13-3-14)7(5)15-8(11)12/h1-3,8H,(H,13,14). The Balaban J connectivity index is 3.13. The molecule has 15 heavy (non-hydrogen) atoms. The lowest BCUT2D eigenvalue weighted by Crippen LogP contribution is -2.06. The number of rotatable bonds is 4. The van der Waals surface area contributed by atoms with Gasteiger partial charge in [0.15, 0.2) is 5.75 Å². The Morgan fingerprint density at radius 3 is 2.73 bits per heavy atom. The van der Waals surface area contributed by atoms with Crippen molar-refractivity contribution in [1.29, 1.82) is 0 Å². The Morgan fingerprint density at radius 2 is 2.20 bits per heavy atom. The van der Waals surface area contributed by atoms with Crippen molar-refractivity contribution >= 4 is 39.6 Å². The molecule has 0 radical (unpaired) electrons. The topological polar surface area (TPSA) is 38.3 Å². The second kappa shape index (κ2) is 5.27. The van der Waals surface area contributed by atoms with Crippen molar-refractivity contribution in [3.63, 3.8) is 0 Å². The lowest BCUT2D eigenvalue weighted by atomic mass is 10.3. The minimum absolute atomic E-state index is 0.0738. The number of benzene rings is 1. The molecule has 0 aliphatic carbocycles. The number of hydrogen-bond acceptors (Lipinski definition) is 2. The van der Waals surface area contributed by atoms with Crippen molar-refractivity contribution in [2.45, 2.75) is 6.61 Å². The summed E-state index contributed by atoms with van der Waals surface area (Å²) in [4.78, 5) is 10.2. The molecule has 0 aromatic heterocycles. The van der Waals surface area contributed by atoms with Crippen LogP contribution in [0, 0.1) is 0 Å². The summed E-state index contributed by atoms with van der Waals surface area (Å²) in [5.41, 5.74) is 0.0738. The van der Waals surface area contributed by atoms with Crippen LogP contribution in [0.2, 0.25) is 5.02 Å². The Bertz CT molecular complexity index is 376. The average Bonchev–Trinajstić information content (AvgIpc) is 2.11. The smallest absolute Gasteiger partial charge is 0.387 e. The predicted octanol–water partition coefficient (Wildman–Crippen LogP) is 3.27. The number of ether oxygens (including phenoxy) is 1. The maximum absolute atomic E-state index is 12.0. The summed E-state index contributed by atoms with van der Waals surface area (Å²) >= 11 is 8.66. The fraction of sp³-hybridized carbons (Fsp3) is 0.125. The normalized spacial score (nSPS) is 10.2. The summed E-state index contributed by atoms with van der Waals surface area (Å²) < 4.78 is 28.5. The predicted molar refractivity (Wildman–Crippen MR) is 55.5 cm³/mol. The molecule has 1 N–H and O–H groups in total. The molecule has 1 rings (SSSR count). The SMILES string of the molecule is O=CNc1cc(Cl)cc(Br)c1OC(F)F. The van der Waals surface area contributed by atoms with Gasteiger partial charge in [0.25, 0.3) is 0 Å². The van der Waals surface area contributed by atoms with E-state index in [0.29, 0.717) is 6.41 Å². The van der Waals surface area contributed by atoms with Crippen LogP contribution in [0.4, 0.5) is 14.5 Å². The molecule has 0 fully saturated rings. The first-order chi connectivity index (χ1) is 7.04. The van der Waals surface area contributed by atoms with Gasteiger partial charge in [0, 0.05) is 5.02 Å². The number of hydrogen-bond donors (Lipinski definition) is 1. The molecule has 1 aromatic rings. The molecule has 0 unspecified atom stereocenters. The van der Waals surface area contributed by atoms with E-state index >= 15 is 0 Å². The molecular formula is C8H5BrClF2NO2. The van der Waals surface area contributed by atoms with Gasteiger partial charge in [0.2, 0.25) is 6.41 Å². The molecule has 0 spiro atoms. The van der Waals surface area contributed by atoms with Crippen LogP contribution in [0.1, 0.15) is 0 Å². The summed E-state index contributed by atoms with van der Waals surface area (Å²) in [6, 6.07) is 2.69. The third kappa shape index (κ3) is 3.32. The van der Waals surface area contributed by atoms with Gasteiger partial charge in [-0.25, -0.2) is 0 Å². The van der Waals surface area contributed by atoms with Gasteiger partial charge in [0.05, 0.1) is 10.2 Å². The summed E-state index contributed by atoms with van der Waals surface area (Å²) in [6.45, 7) is -2.98. The fourth-order valence-electron chi connectivity index (χ4n) is 0.940. The highest BCUT2D eigenvalue weighted by molar-refractivity contribution is 9.10. The minimum Gasteiger partial charge on any atom is -0.431 e. The van der Waals surface area contributed by atoms with Crippen LogP contribution in [0.15, 0.2) is 16.6 Å². The van der Waals surface area contributed by atoms with Crippen LogP contribution in [0.3, 0.4) is 0 Å². The lowest BCUT2D eigenvalue weighted by molar-refractivity contribution is -0.105. The summed E-state index contributed by atoms with van der Waals surface area (Å²) in [5.74, 6) is -0.165. The summed E-state index contributed by atoms with van der Waals surface area (Å²) in [5, 5.41) is 2.49. The molecule has 0 aliphatic rings. The number of halogens is 4. The minimum atomic E-state index is -2.98. The zero-order chi connectivity index (χ0) is 11.4. The van der Waals surface area contributed by atoms with E-state index in [4.69, 9.17) is 11.6 Å².